The second-order valence-corrected chi connectivity index (χ2v) is 12.5. The van der Waals surface area contributed by atoms with Gasteiger partial charge in [-0.1, -0.05) is 19.9 Å². The van der Waals surface area contributed by atoms with Gasteiger partial charge in [0.05, 0.1) is 6.61 Å². The molecule has 2 aliphatic carbocycles. The molecule has 8 unspecified atom stereocenters. The average Bonchev–Trinajstić information content (AvgIpc) is 2.79. The number of aliphatic hydroxyl groups is 1. The lowest BCUT2D eigenvalue weighted by Gasteiger charge is -2.65. The number of ether oxygens (including phenoxy) is 5. The molecule has 232 valence electrons. The van der Waals surface area contributed by atoms with Crippen molar-refractivity contribution in [1.82, 2.24) is 0 Å². The van der Waals surface area contributed by atoms with Crippen molar-refractivity contribution in [2.24, 2.45) is 22.7 Å². The summed E-state index contributed by atoms with van der Waals surface area (Å²) in [5, 5.41) is 11.2. The molecule has 41 heavy (non-hydrogen) atoms. The largest absolute Gasteiger partial charge is 0.465 e. The Balaban J connectivity index is 2.91. The van der Waals surface area contributed by atoms with E-state index in [4.69, 9.17) is 23.7 Å². The van der Waals surface area contributed by atoms with Crippen molar-refractivity contribution in [2.45, 2.75) is 118 Å². The third-order valence-electron chi connectivity index (χ3n) is 8.90. The first kappa shape index (κ1) is 34.3. The van der Waals surface area contributed by atoms with Crippen molar-refractivity contribution in [3.63, 3.8) is 0 Å². The Morgan fingerprint density at radius 2 is 1.54 bits per heavy atom. The van der Waals surface area contributed by atoms with Crippen LogP contribution >= 0.6 is 0 Å². The Bertz CT molecular complexity index is 1050. The minimum Gasteiger partial charge on any atom is -0.465 e. The molecule has 0 bridgehead atoms. The van der Waals surface area contributed by atoms with E-state index in [1.54, 1.807) is 6.92 Å². The van der Waals surface area contributed by atoms with Gasteiger partial charge in [-0.2, -0.15) is 0 Å². The van der Waals surface area contributed by atoms with Crippen LogP contribution in [0.5, 0.6) is 0 Å². The Hall–Kier alpha value is -2.95. The van der Waals surface area contributed by atoms with E-state index in [0.29, 0.717) is 12.8 Å². The quantitative estimate of drug-likeness (QED) is 0.229. The van der Waals surface area contributed by atoms with E-state index in [9.17, 15) is 29.1 Å². The summed E-state index contributed by atoms with van der Waals surface area (Å²) in [6.45, 7) is 16.9. The molecule has 11 heteroatoms. The van der Waals surface area contributed by atoms with Crippen molar-refractivity contribution in [1.29, 1.82) is 0 Å². The van der Waals surface area contributed by atoms with Crippen LogP contribution in [0.3, 0.4) is 0 Å². The highest BCUT2D eigenvalue weighted by Gasteiger charge is 2.69. The first-order valence-corrected chi connectivity index (χ1v) is 13.9. The van der Waals surface area contributed by atoms with Gasteiger partial charge < -0.3 is 28.8 Å². The molecule has 0 aromatic rings. The number of rotatable bonds is 10. The predicted octanol–water partition coefficient (Wildman–Crippen LogP) is 3.44. The highest BCUT2D eigenvalue weighted by Crippen LogP contribution is 2.65. The van der Waals surface area contributed by atoms with E-state index in [0.717, 1.165) is 0 Å². The molecule has 0 amide bonds. The Morgan fingerprint density at radius 1 is 0.951 bits per heavy atom. The van der Waals surface area contributed by atoms with Gasteiger partial charge in [-0.05, 0) is 33.1 Å². The molecule has 2 rings (SSSR count). The van der Waals surface area contributed by atoms with Crippen molar-refractivity contribution >= 4 is 29.8 Å². The molecule has 2 fully saturated rings. The van der Waals surface area contributed by atoms with Crippen LogP contribution in [0, 0.1) is 22.7 Å². The van der Waals surface area contributed by atoms with Crippen LogP contribution in [0.2, 0.25) is 0 Å². The van der Waals surface area contributed by atoms with E-state index >= 15 is 0 Å². The van der Waals surface area contributed by atoms with Crippen LogP contribution in [0.1, 0.15) is 88.0 Å². The van der Waals surface area contributed by atoms with Gasteiger partial charge >= 0.3 is 29.8 Å². The second-order valence-electron chi connectivity index (χ2n) is 12.5. The fourth-order valence-corrected chi connectivity index (χ4v) is 7.49. The molecule has 2 saturated carbocycles. The molecular weight excluding hydrogens is 536 g/mol. The van der Waals surface area contributed by atoms with Crippen molar-refractivity contribution < 1.29 is 52.8 Å². The van der Waals surface area contributed by atoms with Gasteiger partial charge in [0.15, 0.2) is 0 Å². The predicted molar refractivity (Wildman–Crippen MR) is 146 cm³/mol. The normalized spacial score (nSPS) is 32.6. The lowest BCUT2D eigenvalue weighted by molar-refractivity contribution is -0.271. The van der Waals surface area contributed by atoms with E-state index in [1.807, 2.05) is 13.8 Å². The maximum atomic E-state index is 12.5. The SMILES string of the molecule is C=CC(C)(O)C(CC1C(C)(OC(C)=O)CC(OC(C)=O)C2C(C)(C)C(OC(C)=O)CCC12COC(C)=O)OC(C)=O. The van der Waals surface area contributed by atoms with Gasteiger partial charge in [-0.25, -0.2) is 0 Å². The Morgan fingerprint density at radius 3 is 2.00 bits per heavy atom. The monoisotopic (exact) mass is 582 g/mol. The first-order chi connectivity index (χ1) is 18.7. The Kier molecular flexibility index (Phi) is 10.4. The fraction of sp³-hybridized carbons (Fsp3) is 0.767. The summed E-state index contributed by atoms with van der Waals surface area (Å²) >= 11 is 0. The number of carbonyl (C=O) groups is 5. The molecule has 1 N–H and O–H groups in total. The average molecular weight is 583 g/mol. The molecule has 0 aromatic carbocycles. The molecular formula is C30H46O11. The summed E-state index contributed by atoms with van der Waals surface area (Å²) in [4.78, 5) is 61.4. The van der Waals surface area contributed by atoms with Gasteiger partial charge in [0.1, 0.15) is 29.5 Å². The summed E-state index contributed by atoms with van der Waals surface area (Å²) in [6.07, 6.45) is -0.520. The number of carbonyl (C=O) groups excluding carboxylic acids is 5. The molecule has 2 aliphatic rings. The van der Waals surface area contributed by atoms with E-state index < -0.39 is 82.0 Å². The number of hydrogen-bond donors (Lipinski definition) is 1. The third-order valence-corrected chi connectivity index (χ3v) is 8.90. The topological polar surface area (TPSA) is 152 Å². The molecule has 0 spiro atoms. The first-order valence-electron chi connectivity index (χ1n) is 13.9. The number of hydrogen-bond acceptors (Lipinski definition) is 11. The van der Waals surface area contributed by atoms with Gasteiger partial charge in [0.25, 0.3) is 0 Å². The summed E-state index contributed by atoms with van der Waals surface area (Å²) in [6, 6.07) is 0. The summed E-state index contributed by atoms with van der Waals surface area (Å²) in [5.41, 5.74) is -4.84. The molecule has 8 atom stereocenters. The van der Waals surface area contributed by atoms with Crippen LogP contribution in [0.25, 0.3) is 0 Å². The summed E-state index contributed by atoms with van der Waals surface area (Å²) in [5.74, 6) is -4.06. The Labute approximate surface area is 242 Å². The molecule has 0 heterocycles. The van der Waals surface area contributed by atoms with Crippen LogP contribution in [0.15, 0.2) is 12.7 Å². The van der Waals surface area contributed by atoms with Crippen LogP contribution in [-0.4, -0.2) is 71.1 Å². The van der Waals surface area contributed by atoms with E-state index in [2.05, 4.69) is 6.58 Å². The summed E-state index contributed by atoms with van der Waals surface area (Å²) < 4.78 is 28.9. The van der Waals surface area contributed by atoms with E-state index in [1.165, 1.54) is 47.6 Å². The zero-order valence-electron chi connectivity index (χ0n) is 25.7. The third kappa shape index (κ3) is 7.47. The van der Waals surface area contributed by atoms with Crippen molar-refractivity contribution in [3.8, 4) is 0 Å². The lowest BCUT2D eigenvalue weighted by atomic mass is 9.42. The summed E-state index contributed by atoms with van der Waals surface area (Å²) in [7, 11) is 0. The van der Waals surface area contributed by atoms with Crippen LogP contribution in [-0.2, 0) is 47.7 Å². The van der Waals surface area contributed by atoms with Crippen molar-refractivity contribution in [2.75, 3.05) is 6.61 Å². The van der Waals surface area contributed by atoms with E-state index in [-0.39, 0.29) is 19.4 Å². The highest BCUT2D eigenvalue weighted by molar-refractivity contribution is 5.68. The maximum absolute atomic E-state index is 12.5. The zero-order valence-corrected chi connectivity index (χ0v) is 25.7. The molecule has 0 saturated heterocycles. The molecule has 0 aliphatic heterocycles. The zero-order chi connectivity index (χ0) is 31.6. The minimum atomic E-state index is -1.67. The smallest absolute Gasteiger partial charge is 0.303 e. The fourth-order valence-electron chi connectivity index (χ4n) is 7.49. The number of fused-ring (bicyclic) bond motifs is 1. The second kappa shape index (κ2) is 12.5. The number of esters is 5. The molecule has 0 aromatic heterocycles. The standard InChI is InChI=1S/C30H46O11/c1-11-28(9,36)25(40-20(5)34)14-23-29(10,41-21(6)35)15-22(38-18(3)32)26-27(7,8)24(39-19(4)33)12-13-30(23,26)16-37-17(2)31/h11,22-26,36H,1,12-16H2,2-10H3. The van der Waals surface area contributed by atoms with Gasteiger partial charge in [-0.15, -0.1) is 6.58 Å². The van der Waals surface area contributed by atoms with Gasteiger partial charge in [-0.3, -0.25) is 24.0 Å². The molecule has 11 nitrogen and oxygen atoms in total. The molecule has 0 radical (unpaired) electrons. The van der Waals surface area contributed by atoms with Gasteiger partial charge in [0.2, 0.25) is 0 Å². The maximum Gasteiger partial charge on any atom is 0.303 e. The van der Waals surface area contributed by atoms with Crippen molar-refractivity contribution in [3.05, 3.63) is 12.7 Å². The minimum absolute atomic E-state index is 0.0127. The highest BCUT2D eigenvalue weighted by atomic mass is 16.6. The van der Waals surface area contributed by atoms with Gasteiger partial charge in [0, 0.05) is 63.7 Å². The lowest BCUT2D eigenvalue weighted by Crippen LogP contribution is -2.70. The van der Waals surface area contributed by atoms with Crippen LogP contribution in [0.4, 0.5) is 0 Å². The van der Waals surface area contributed by atoms with Crippen LogP contribution < -0.4 is 0 Å².